The number of pyridine rings is 1. The summed E-state index contributed by atoms with van der Waals surface area (Å²) >= 11 is 0. The monoisotopic (exact) mass is 255 g/mol. The van der Waals surface area contributed by atoms with E-state index in [9.17, 15) is 0 Å². The Morgan fingerprint density at radius 2 is 2.11 bits per heavy atom. The molecule has 0 radical (unpaired) electrons. The lowest BCUT2D eigenvalue weighted by Crippen LogP contribution is -1.98. The molecule has 2 rings (SSSR count). The highest BCUT2D eigenvalue weighted by atomic mass is 16.5. The van der Waals surface area contributed by atoms with Crippen molar-refractivity contribution in [3.05, 3.63) is 42.6 Å². The van der Waals surface area contributed by atoms with Gasteiger partial charge in [-0.15, -0.1) is 0 Å². The minimum atomic E-state index is 0.591. The summed E-state index contributed by atoms with van der Waals surface area (Å²) in [6.07, 6.45) is 1.84. The topological polar surface area (TPSA) is 46.5 Å². The molecule has 0 fully saturated rings. The Kier molecular flexibility index (Phi) is 3.80. The van der Waals surface area contributed by atoms with Gasteiger partial charge in [0.15, 0.2) is 5.90 Å². The van der Waals surface area contributed by atoms with Crippen LogP contribution < -0.4 is 5.32 Å². The lowest BCUT2D eigenvalue weighted by atomic mass is 10.1. The van der Waals surface area contributed by atoms with E-state index in [2.05, 4.69) is 21.9 Å². The van der Waals surface area contributed by atoms with Crippen LogP contribution in [0.4, 0.5) is 5.82 Å². The average Bonchev–Trinajstić information content (AvgIpc) is 2.45. The molecule has 0 amide bonds. The summed E-state index contributed by atoms with van der Waals surface area (Å²) in [7, 11) is 3.54. The fourth-order valence-corrected chi connectivity index (χ4v) is 1.73. The van der Waals surface area contributed by atoms with E-state index < -0.39 is 0 Å². The maximum atomic E-state index is 5.52. The van der Waals surface area contributed by atoms with Crippen LogP contribution in [0, 0.1) is 0 Å². The molecule has 0 aliphatic carbocycles. The summed E-state index contributed by atoms with van der Waals surface area (Å²) < 4.78 is 5.52. The van der Waals surface area contributed by atoms with Gasteiger partial charge in [-0.25, -0.2) is 4.98 Å². The van der Waals surface area contributed by atoms with Crippen molar-refractivity contribution < 1.29 is 4.74 Å². The third kappa shape index (κ3) is 2.91. The van der Waals surface area contributed by atoms with Gasteiger partial charge in [0, 0.05) is 38.2 Å². The fourth-order valence-electron chi connectivity index (χ4n) is 1.73. The first-order chi connectivity index (χ1) is 9.13. The van der Waals surface area contributed by atoms with Gasteiger partial charge in [-0.1, -0.05) is 18.7 Å². The Bertz CT molecular complexity index is 647. The number of rotatable bonds is 3. The molecule has 98 valence electrons. The molecule has 0 unspecified atom stereocenters. The number of benzene rings is 1. The molecule has 0 spiro atoms. The third-order valence-corrected chi connectivity index (χ3v) is 2.89. The first-order valence-corrected chi connectivity index (χ1v) is 6.02. The van der Waals surface area contributed by atoms with Crippen molar-refractivity contribution >= 4 is 28.2 Å². The molecule has 1 N–H and O–H groups in total. The number of ether oxygens (including phenoxy) is 1. The van der Waals surface area contributed by atoms with Crippen molar-refractivity contribution in [3.63, 3.8) is 0 Å². The lowest BCUT2D eigenvalue weighted by Gasteiger charge is -2.09. The van der Waals surface area contributed by atoms with E-state index in [-0.39, 0.29) is 0 Å². The molecule has 0 bridgehead atoms. The highest BCUT2D eigenvalue weighted by Gasteiger charge is 2.04. The number of aliphatic imine (C=N–C) groups is 1. The van der Waals surface area contributed by atoms with Gasteiger partial charge in [0.25, 0.3) is 0 Å². The van der Waals surface area contributed by atoms with E-state index in [1.54, 1.807) is 14.0 Å². The van der Waals surface area contributed by atoms with Crippen molar-refractivity contribution in [1.29, 1.82) is 0 Å². The Balaban J connectivity index is 2.37. The second-order valence-electron chi connectivity index (χ2n) is 4.15. The van der Waals surface area contributed by atoms with Gasteiger partial charge in [0.2, 0.25) is 0 Å². The molecular weight excluding hydrogens is 238 g/mol. The highest BCUT2D eigenvalue weighted by molar-refractivity contribution is 5.88. The minimum absolute atomic E-state index is 0.591. The maximum absolute atomic E-state index is 5.52. The lowest BCUT2D eigenvalue weighted by molar-refractivity contribution is 0.504. The fraction of sp³-hybridized carbons (Fsp3) is 0.200. The molecule has 19 heavy (non-hydrogen) atoms. The number of anilines is 1. The second kappa shape index (κ2) is 5.52. The van der Waals surface area contributed by atoms with E-state index in [0.29, 0.717) is 11.7 Å². The predicted molar refractivity (Wildman–Crippen MR) is 80.4 cm³/mol. The van der Waals surface area contributed by atoms with Crippen LogP contribution in [0.2, 0.25) is 0 Å². The molecule has 0 saturated carbocycles. The number of hydrogen-bond acceptors (Lipinski definition) is 4. The standard InChI is InChI=1S/C15H17N3O/c1-10(19-11(2)16-3)12-5-6-13-9-18-15(17-4)8-14(13)7-12/h5-9H,1H2,2-4H3,(H,17,18)/b16-11-. The Morgan fingerprint density at radius 1 is 1.32 bits per heavy atom. The quantitative estimate of drug-likeness (QED) is 0.520. The van der Waals surface area contributed by atoms with Crippen molar-refractivity contribution in [2.75, 3.05) is 19.4 Å². The van der Waals surface area contributed by atoms with Crippen LogP contribution in [0.5, 0.6) is 0 Å². The van der Waals surface area contributed by atoms with Gasteiger partial charge < -0.3 is 10.1 Å². The average molecular weight is 255 g/mol. The van der Waals surface area contributed by atoms with Gasteiger partial charge in [-0.05, 0) is 17.5 Å². The molecular formula is C15H17N3O. The number of fused-ring (bicyclic) bond motifs is 1. The molecule has 4 heteroatoms. The summed E-state index contributed by atoms with van der Waals surface area (Å²) in [5.74, 6) is 2.02. The van der Waals surface area contributed by atoms with E-state index in [1.165, 1.54) is 0 Å². The molecule has 1 aromatic carbocycles. The zero-order chi connectivity index (χ0) is 13.8. The molecule has 0 aliphatic heterocycles. The zero-order valence-corrected chi connectivity index (χ0v) is 11.4. The Morgan fingerprint density at radius 3 is 2.79 bits per heavy atom. The van der Waals surface area contributed by atoms with Crippen molar-refractivity contribution in [1.82, 2.24) is 4.98 Å². The summed E-state index contributed by atoms with van der Waals surface area (Å²) in [5.41, 5.74) is 0.934. The highest BCUT2D eigenvalue weighted by Crippen LogP contribution is 2.22. The maximum Gasteiger partial charge on any atom is 0.186 e. The number of aromatic nitrogens is 1. The molecule has 1 heterocycles. The largest absolute Gasteiger partial charge is 0.444 e. The summed E-state index contributed by atoms with van der Waals surface area (Å²) in [6.45, 7) is 5.73. The van der Waals surface area contributed by atoms with Crippen LogP contribution in [-0.2, 0) is 4.74 Å². The number of nitrogens with one attached hydrogen (secondary N) is 1. The van der Waals surface area contributed by atoms with Gasteiger partial charge in [-0.3, -0.25) is 4.99 Å². The van der Waals surface area contributed by atoms with E-state index in [4.69, 9.17) is 4.74 Å². The van der Waals surface area contributed by atoms with Gasteiger partial charge in [0.1, 0.15) is 11.6 Å². The van der Waals surface area contributed by atoms with Crippen molar-refractivity contribution in [2.24, 2.45) is 4.99 Å². The molecule has 2 aromatic rings. The van der Waals surface area contributed by atoms with Crippen LogP contribution >= 0.6 is 0 Å². The second-order valence-corrected chi connectivity index (χ2v) is 4.15. The molecule has 0 atom stereocenters. The van der Waals surface area contributed by atoms with Crippen LogP contribution in [0.3, 0.4) is 0 Å². The van der Waals surface area contributed by atoms with E-state index in [0.717, 1.165) is 22.2 Å². The summed E-state index contributed by atoms with van der Waals surface area (Å²) in [5, 5.41) is 5.20. The summed E-state index contributed by atoms with van der Waals surface area (Å²) in [6, 6.07) is 7.99. The van der Waals surface area contributed by atoms with E-state index in [1.807, 2.05) is 37.5 Å². The number of hydrogen-bond donors (Lipinski definition) is 1. The molecule has 0 saturated heterocycles. The molecule has 0 aliphatic rings. The van der Waals surface area contributed by atoms with Crippen molar-refractivity contribution in [3.8, 4) is 0 Å². The zero-order valence-electron chi connectivity index (χ0n) is 11.4. The smallest absolute Gasteiger partial charge is 0.186 e. The van der Waals surface area contributed by atoms with Crippen LogP contribution in [0.1, 0.15) is 12.5 Å². The van der Waals surface area contributed by atoms with E-state index >= 15 is 0 Å². The van der Waals surface area contributed by atoms with Crippen molar-refractivity contribution in [2.45, 2.75) is 6.92 Å². The molecule has 4 nitrogen and oxygen atoms in total. The Labute approximate surface area is 112 Å². The predicted octanol–water partition coefficient (Wildman–Crippen LogP) is 3.31. The van der Waals surface area contributed by atoms with Crippen LogP contribution in [0.15, 0.2) is 42.0 Å². The van der Waals surface area contributed by atoms with Gasteiger partial charge in [-0.2, -0.15) is 0 Å². The van der Waals surface area contributed by atoms with Crippen LogP contribution in [-0.4, -0.2) is 25.0 Å². The first-order valence-electron chi connectivity index (χ1n) is 6.02. The van der Waals surface area contributed by atoms with Crippen LogP contribution in [0.25, 0.3) is 16.5 Å². The molecule has 1 aromatic heterocycles. The van der Waals surface area contributed by atoms with Gasteiger partial charge >= 0.3 is 0 Å². The normalized spacial score (nSPS) is 11.4. The Hall–Kier alpha value is -2.36. The SMILES string of the molecule is C=C(O/C(C)=N\C)c1ccc2cnc(NC)cc2c1. The summed E-state index contributed by atoms with van der Waals surface area (Å²) in [4.78, 5) is 8.23. The third-order valence-electron chi connectivity index (χ3n) is 2.89. The van der Waals surface area contributed by atoms with Gasteiger partial charge in [0.05, 0.1) is 0 Å². The number of nitrogens with zero attached hydrogens (tertiary/aromatic N) is 2. The minimum Gasteiger partial charge on any atom is -0.444 e. The first kappa shape index (κ1) is 13.1.